The zero-order chi connectivity index (χ0) is 13.6. The minimum absolute atomic E-state index is 0.0931. The summed E-state index contributed by atoms with van der Waals surface area (Å²) < 4.78 is 5.78. The van der Waals surface area contributed by atoms with E-state index in [1.807, 2.05) is 13.8 Å². The lowest BCUT2D eigenvalue weighted by Gasteiger charge is -2.30. The molecule has 4 nitrogen and oxygen atoms in total. The van der Waals surface area contributed by atoms with Gasteiger partial charge in [-0.25, -0.2) is 4.98 Å². The van der Waals surface area contributed by atoms with Crippen LogP contribution < -0.4 is 5.43 Å². The van der Waals surface area contributed by atoms with E-state index in [4.69, 9.17) is 4.74 Å². The van der Waals surface area contributed by atoms with Gasteiger partial charge in [-0.05, 0) is 19.6 Å². The number of H-pyrrole nitrogens is 1. The monoisotopic (exact) mass is 296 g/mol. The van der Waals surface area contributed by atoms with Gasteiger partial charge in [-0.15, -0.1) is 11.3 Å². The minimum Gasteiger partial charge on any atom is -0.370 e. The number of imidazole rings is 1. The molecule has 102 valence electrons. The van der Waals surface area contributed by atoms with Crippen molar-refractivity contribution in [3.63, 3.8) is 0 Å². The smallest absolute Gasteiger partial charge is 0.209 e. The SMILES string of the molecule is CCSc1nc2sc3c(c(=O)c2[nH]1)CC(C)(C)OC3. The van der Waals surface area contributed by atoms with Gasteiger partial charge in [0.25, 0.3) is 0 Å². The summed E-state index contributed by atoms with van der Waals surface area (Å²) in [5.41, 5.74) is 1.38. The van der Waals surface area contributed by atoms with Crippen LogP contribution in [0.2, 0.25) is 0 Å². The highest BCUT2D eigenvalue weighted by atomic mass is 32.2. The lowest BCUT2D eigenvalue weighted by Crippen LogP contribution is -2.34. The van der Waals surface area contributed by atoms with Crippen molar-refractivity contribution in [1.29, 1.82) is 0 Å². The van der Waals surface area contributed by atoms with E-state index in [0.717, 1.165) is 26.2 Å². The molecule has 2 aromatic rings. The topological polar surface area (TPSA) is 55.0 Å². The first kappa shape index (κ1) is 13.1. The number of aromatic amines is 1. The first-order chi connectivity index (χ1) is 9.00. The zero-order valence-electron chi connectivity index (χ0n) is 11.2. The molecule has 0 bridgehead atoms. The van der Waals surface area contributed by atoms with Crippen molar-refractivity contribution in [2.45, 2.75) is 44.6 Å². The number of rotatable bonds is 2. The Kier molecular flexibility index (Phi) is 3.19. The molecule has 1 aliphatic rings. The Hall–Kier alpha value is -0.850. The van der Waals surface area contributed by atoms with E-state index in [0.29, 0.717) is 18.5 Å². The largest absolute Gasteiger partial charge is 0.370 e. The Bertz CT molecular complexity index is 688. The van der Waals surface area contributed by atoms with Crippen molar-refractivity contribution in [1.82, 2.24) is 9.97 Å². The average Bonchev–Trinajstić information content (AvgIpc) is 2.74. The van der Waals surface area contributed by atoms with Gasteiger partial charge in [0, 0.05) is 16.9 Å². The molecule has 0 spiro atoms. The molecule has 0 saturated heterocycles. The summed E-state index contributed by atoms with van der Waals surface area (Å²) in [6.45, 7) is 6.63. The molecule has 0 radical (unpaired) electrons. The molecule has 0 amide bonds. The molecule has 1 N–H and O–H groups in total. The first-order valence-corrected chi connectivity index (χ1v) is 8.12. The summed E-state index contributed by atoms with van der Waals surface area (Å²) in [5.74, 6) is 0.939. The standard InChI is InChI=1S/C13H16N2O2S2/c1-4-18-12-14-9-10(16)7-5-13(2,3)17-6-8(7)19-11(9)15-12/h4-6H2,1-3H3,(H,14,15). The molecule has 0 aliphatic carbocycles. The number of fused-ring (bicyclic) bond motifs is 2. The second kappa shape index (κ2) is 4.61. The van der Waals surface area contributed by atoms with Crippen LogP contribution in [0.4, 0.5) is 0 Å². The molecule has 3 heterocycles. The maximum Gasteiger partial charge on any atom is 0.209 e. The average molecular weight is 296 g/mol. The van der Waals surface area contributed by atoms with E-state index in [2.05, 4.69) is 16.9 Å². The quantitative estimate of drug-likeness (QED) is 0.866. The van der Waals surface area contributed by atoms with Crippen molar-refractivity contribution in [2.75, 3.05) is 5.75 Å². The van der Waals surface area contributed by atoms with Crippen LogP contribution in [-0.2, 0) is 17.8 Å². The third-order valence-corrected chi connectivity index (χ3v) is 5.04. The Labute approximate surface area is 119 Å². The maximum atomic E-state index is 12.5. The minimum atomic E-state index is -0.256. The summed E-state index contributed by atoms with van der Waals surface area (Å²) in [6, 6.07) is 0. The van der Waals surface area contributed by atoms with Crippen LogP contribution in [0, 0.1) is 0 Å². The number of nitrogens with one attached hydrogen (secondary N) is 1. The molecule has 0 unspecified atom stereocenters. The second-order valence-corrected chi connectivity index (χ2v) is 7.55. The van der Waals surface area contributed by atoms with Crippen molar-refractivity contribution in [3.8, 4) is 0 Å². The zero-order valence-corrected chi connectivity index (χ0v) is 12.8. The fourth-order valence-electron chi connectivity index (χ4n) is 2.26. The van der Waals surface area contributed by atoms with Crippen molar-refractivity contribution in [2.24, 2.45) is 0 Å². The first-order valence-electron chi connectivity index (χ1n) is 6.31. The van der Waals surface area contributed by atoms with Crippen LogP contribution in [0.25, 0.3) is 10.3 Å². The molecule has 0 saturated carbocycles. The van der Waals surface area contributed by atoms with E-state index in [1.165, 1.54) is 0 Å². The predicted octanol–water partition coefficient (Wildman–Crippen LogP) is 2.95. The second-order valence-electron chi connectivity index (χ2n) is 5.21. The van der Waals surface area contributed by atoms with Gasteiger partial charge in [0.05, 0.1) is 12.2 Å². The van der Waals surface area contributed by atoms with Gasteiger partial charge in [0.2, 0.25) is 5.43 Å². The summed E-state index contributed by atoms with van der Waals surface area (Å²) in [5, 5.41) is 0.827. The maximum absolute atomic E-state index is 12.5. The van der Waals surface area contributed by atoms with E-state index in [9.17, 15) is 4.79 Å². The van der Waals surface area contributed by atoms with Gasteiger partial charge in [-0.2, -0.15) is 0 Å². The number of aromatic nitrogens is 2. The fourth-order valence-corrected chi connectivity index (χ4v) is 3.94. The van der Waals surface area contributed by atoms with Crippen molar-refractivity contribution in [3.05, 3.63) is 20.7 Å². The van der Waals surface area contributed by atoms with Crippen LogP contribution >= 0.6 is 23.1 Å². The summed E-state index contributed by atoms with van der Waals surface area (Å²) in [7, 11) is 0. The molecule has 2 aromatic heterocycles. The van der Waals surface area contributed by atoms with Crippen LogP contribution in [0.1, 0.15) is 31.2 Å². The number of ether oxygens (including phenoxy) is 1. The Morgan fingerprint density at radius 1 is 1.53 bits per heavy atom. The van der Waals surface area contributed by atoms with Crippen LogP contribution in [0.15, 0.2) is 9.95 Å². The van der Waals surface area contributed by atoms with Crippen LogP contribution in [0.5, 0.6) is 0 Å². The lowest BCUT2D eigenvalue weighted by atomic mass is 9.96. The molecule has 19 heavy (non-hydrogen) atoms. The molecule has 6 heteroatoms. The molecular weight excluding hydrogens is 280 g/mol. The highest BCUT2D eigenvalue weighted by molar-refractivity contribution is 7.99. The molecule has 1 aliphatic heterocycles. The van der Waals surface area contributed by atoms with Gasteiger partial charge < -0.3 is 9.72 Å². The number of thioether (sulfide) groups is 1. The van der Waals surface area contributed by atoms with E-state index < -0.39 is 0 Å². The van der Waals surface area contributed by atoms with Gasteiger partial charge in [0.1, 0.15) is 10.3 Å². The Morgan fingerprint density at radius 3 is 3.05 bits per heavy atom. The Balaban J connectivity index is 2.17. The highest BCUT2D eigenvalue weighted by Gasteiger charge is 2.29. The molecule has 0 atom stereocenters. The fraction of sp³-hybridized carbons (Fsp3) is 0.538. The molecule has 0 fully saturated rings. The van der Waals surface area contributed by atoms with Crippen LogP contribution in [-0.4, -0.2) is 21.3 Å². The number of hydrogen-bond donors (Lipinski definition) is 1. The van der Waals surface area contributed by atoms with Crippen LogP contribution in [0.3, 0.4) is 0 Å². The summed E-state index contributed by atoms with van der Waals surface area (Å²) >= 11 is 3.19. The van der Waals surface area contributed by atoms with E-state index >= 15 is 0 Å². The number of hydrogen-bond acceptors (Lipinski definition) is 5. The summed E-state index contributed by atoms with van der Waals surface area (Å²) in [6.07, 6.45) is 0.670. The predicted molar refractivity (Wildman–Crippen MR) is 79.2 cm³/mol. The Morgan fingerprint density at radius 2 is 2.32 bits per heavy atom. The summed E-state index contributed by atoms with van der Waals surface area (Å²) in [4.78, 5) is 22.0. The van der Waals surface area contributed by atoms with Gasteiger partial charge in [0.15, 0.2) is 5.16 Å². The van der Waals surface area contributed by atoms with Gasteiger partial charge in [-0.3, -0.25) is 4.79 Å². The highest BCUT2D eigenvalue weighted by Crippen LogP contribution is 2.31. The van der Waals surface area contributed by atoms with Crippen molar-refractivity contribution >= 4 is 33.4 Å². The normalized spacial score (nSPS) is 17.6. The van der Waals surface area contributed by atoms with E-state index in [-0.39, 0.29) is 11.0 Å². The van der Waals surface area contributed by atoms with Gasteiger partial charge in [-0.1, -0.05) is 18.7 Å². The van der Waals surface area contributed by atoms with Gasteiger partial charge >= 0.3 is 0 Å². The van der Waals surface area contributed by atoms with Crippen molar-refractivity contribution < 1.29 is 4.74 Å². The van der Waals surface area contributed by atoms with E-state index in [1.54, 1.807) is 23.1 Å². The molecule has 0 aromatic carbocycles. The third-order valence-electron chi connectivity index (χ3n) is 3.18. The molecular formula is C13H16N2O2S2. The third kappa shape index (κ3) is 2.32. The lowest BCUT2D eigenvalue weighted by molar-refractivity contribution is -0.0386. The number of nitrogens with zero attached hydrogens (tertiary/aromatic N) is 1. The molecule has 3 rings (SSSR count).